The SMILES string of the molecule is Cc1cc(NN)ccc1C(=O)NCCCC(N)=O. The van der Waals surface area contributed by atoms with Crippen LogP contribution in [0.4, 0.5) is 5.69 Å². The van der Waals surface area contributed by atoms with E-state index >= 15 is 0 Å². The highest BCUT2D eigenvalue weighted by molar-refractivity contribution is 5.96. The average molecular weight is 250 g/mol. The number of benzene rings is 1. The van der Waals surface area contributed by atoms with Gasteiger partial charge in [0.1, 0.15) is 0 Å². The van der Waals surface area contributed by atoms with Gasteiger partial charge in [0.25, 0.3) is 5.91 Å². The minimum Gasteiger partial charge on any atom is -0.370 e. The first-order chi connectivity index (χ1) is 8.54. The molecule has 0 saturated heterocycles. The Kier molecular flexibility index (Phi) is 5.13. The largest absolute Gasteiger partial charge is 0.370 e. The molecule has 0 aliphatic heterocycles. The first kappa shape index (κ1) is 14.0. The highest BCUT2D eigenvalue weighted by atomic mass is 16.2. The quantitative estimate of drug-likeness (QED) is 0.330. The Labute approximate surface area is 106 Å². The number of nitrogens with one attached hydrogen (secondary N) is 2. The van der Waals surface area contributed by atoms with Gasteiger partial charge >= 0.3 is 0 Å². The third kappa shape index (κ3) is 4.06. The smallest absolute Gasteiger partial charge is 0.251 e. The zero-order valence-corrected chi connectivity index (χ0v) is 10.3. The Hall–Kier alpha value is -2.08. The van der Waals surface area contributed by atoms with Gasteiger partial charge in [0, 0.05) is 24.2 Å². The Morgan fingerprint density at radius 3 is 2.61 bits per heavy atom. The van der Waals surface area contributed by atoms with Crippen molar-refractivity contribution in [3.05, 3.63) is 29.3 Å². The molecule has 98 valence electrons. The van der Waals surface area contributed by atoms with Crippen LogP contribution in [0.25, 0.3) is 0 Å². The minimum absolute atomic E-state index is 0.166. The van der Waals surface area contributed by atoms with Crippen molar-refractivity contribution in [1.29, 1.82) is 0 Å². The van der Waals surface area contributed by atoms with Gasteiger partial charge in [-0.1, -0.05) is 0 Å². The zero-order chi connectivity index (χ0) is 13.5. The van der Waals surface area contributed by atoms with Gasteiger partial charge in [-0.25, -0.2) is 0 Å². The summed E-state index contributed by atoms with van der Waals surface area (Å²) in [6.07, 6.45) is 0.817. The van der Waals surface area contributed by atoms with Crippen LogP contribution in [0.15, 0.2) is 18.2 Å². The molecule has 0 spiro atoms. The monoisotopic (exact) mass is 250 g/mol. The third-order valence-electron chi connectivity index (χ3n) is 2.52. The zero-order valence-electron chi connectivity index (χ0n) is 10.3. The molecule has 0 unspecified atom stereocenters. The van der Waals surface area contributed by atoms with E-state index in [1.165, 1.54) is 0 Å². The van der Waals surface area contributed by atoms with E-state index in [4.69, 9.17) is 11.6 Å². The Morgan fingerprint density at radius 1 is 1.33 bits per heavy atom. The van der Waals surface area contributed by atoms with E-state index in [0.29, 0.717) is 18.5 Å². The maximum absolute atomic E-state index is 11.8. The van der Waals surface area contributed by atoms with Crippen LogP contribution in [0.3, 0.4) is 0 Å². The Morgan fingerprint density at radius 2 is 2.06 bits per heavy atom. The van der Waals surface area contributed by atoms with Crippen molar-refractivity contribution in [2.75, 3.05) is 12.0 Å². The highest BCUT2D eigenvalue weighted by Gasteiger charge is 2.08. The lowest BCUT2D eigenvalue weighted by atomic mass is 10.1. The first-order valence-electron chi connectivity index (χ1n) is 5.68. The van der Waals surface area contributed by atoms with E-state index in [0.717, 1.165) is 11.3 Å². The van der Waals surface area contributed by atoms with Gasteiger partial charge in [-0.3, -0.25) is 15.4 Å². The number of carbonyl (C=O) groups is 2. The lowest BCUT2D eigenvalue weighted by Crippen LogP contribution is -2.26. The lowest BCUT2D eigenvalue weighted by Gasteiger charge is -2.09. The molecule has 2 amide bonds. The minimum atomic E-state index is -0.362. The second-order valence-electron chi connectivity index (χ2n) is 4.00. The molecule has 0 bridgehead atoms. The molecule has 1 aromatic carbocycles. The average Bonchev–Trinajstić information content (AvgIpc) is 2.33. The van der Waals surface area contributed by atoms with Gasteiger partial charge in [-0.05, 0) is 37.1 Å². The fourth-order valence-electron chi connectivity index (χ4n) is 1.57. The highest BCUT2D eigenvalue weighted by Crippen LogP contribution is 2.14. The normalized spacial score (nSPS) is 9.89. The number of anilines is 1. The number of hydrazine groups is 1. The van der Waals surface area contributed by atoms with Crippen molar-refractivity contribution in [2.24, 2.45) is 11.6 Å². The number of carbonyl (C=O) groups excluding carboxylic acids is 2. The van der Waals surface area contributed by atoms with E-state index < -0.39 is 0 Å². The molecule has 0 fully saturated rings. The van der Waals surface area contributed by atoms with E-state index in [2.05, 4.69) is 10.7 Å². The fourth-order valence-corrected chi connectivity index (χ4v) is 1.57. The van der Waals surface area contributed by atoms with Crippen LogP contribution in [0.1, 0.15) is 28.8 Å². The number of amides is 2. The van der Waals surface area contributed by atoms with E-state index in [9.17, 15) is 9.59 Å². The van der Waals surface area contributed by atoms with Crippen molar-refractivity contribution in [3.63, 3.8) is 0 Å². The standard InChI is InChI=1S/C12H18N4O2/c1-8-7-9(16-14)4-5-10(8)12(18)15-6-2-3-11(13)17/h4-5,7,16H,2-3,6,14H2,1H3,(H2,13,17)(H,15,18). The van der Waals surface area contributed by atoms with Gasteiger partial charge < -0.3 is 16.5 Å². The van der Waals surface area contributed by atoms with Crippen molar-refractivity contribution in [3.8, 4) is 0 Å². The second kappa shape index (κ2) is 6.61. The molecule has 1 aromatic rings. The molecule has 0 saturated carbocycles. The Balaban J connectivity index is 2.54. The molecule has 18 heavy (non-hydrogen) atoms. The summed E-state index contributed by atoms with van der Waals surface area (Å²) in [4.78, 5) is 22.4. The van der Waals surface area contributed by atoms with Crippen LogP contribution < -0.4 is 22.3 Å². The first-order valence-corrected chi connectivity index (χ1v) is 5.68. The second-order valence-corrected chi connectivity index (χ2v) is 4.00. The summed E-state index contributed by atoms with van der Waals surface area (Å²) in [6, 6.07) is 5.22. The third-order valence-corrected chi connectivity index (χ3v) is 2.52. The van der Waals surface area contributed by atoms with Crippen molar-refractivity contribution >= 4 is 17.5 Å². The summed E-state index contributed by atoms with van der Waals surface area (Å²) >= 11 is 0. The number of primary amides is 1. The molecule has 0 atom stereocenters. The van der Waals surface area contributed by atoms with Crippen LogP contribution in [-0.4, -0.2) is 18.4 Å². The fraction of sp³-hybridized carbons (Fsp3) is 0.333. The molecule has 0 aliphatic rings. The van der Waals surface area contributed by atoms with E-state index in [1.54, 1.807) is 18.2 Å². The lowest BCUT2D eigenvalue weighted by molar-refractivity contribution is -0.118. The van der Waals surface area contributed by atoms with Gasteiger partial charge in [-0.2, -0.15) is 0 Å². The predicted molar refractivity (Wildman–Crippen MR) is 69.8 cm³/mol. The van der Waals surface area contributed by atoms with Gasteiger partial charge in [0.15, 0.2) is 0 Å². The number of nitrogens with two attached hydrogens (primary N) is 2. The van der Waals surface area contributed by atoms with Crippen LogP contribution in [0, 0.1) is 6.92 Å². The summed E-state index contributed by atoms with van der Waals surface area (Å²) in [5.41, 5.74) is 9.69. The molecule has 0 radical (unpaired) electrons. The number of hydrogen-bond donors (Lipinski definition) is 4. The number of rotatable bonds is 6. The van der Waals surface area contributed by atoms with E-state index in [-0.39, 0.29) is 18.2 Å². The summed E-state index contributed by atoms with van der Waals surface area (Å²) < 4.78 is 0. The molecular formula is C12H18N4O2. The Bertz CT molecular complexity index is 446. The summed E-state index contributed by atoms with van der Waals surface area (Å²) in [5.74, 6) is 4.75. The van der Waals surface area contributed by atoms with Gasteiger partial charge in [-0.15, -0.1) is 0 Å². The molecule has 6 N–H and O–H groups in total. The van der Waals surface area contributed by atoms with Crippen LogP contribution in [0.5, 0.6) is 0 Å². The predicted octanol–water partition coefficient (Wildman–Crippen LogP) is 0.276. The van der Waals surface area contributed by atoms with Crippen LogP contribution in [-0.2, 0) is 4.79 Å². The van der Waals surface area contributed by atoms with Gasteiger partial charge in [0.05, 0.1) is 0 Å². The summed E-state index contributed by atoms with van der Waals surface area (Å²) in [7, 11) is 0. The van der Waals surface area contributed by atoms with Crippen molar-refractivity contribution in [1.82, 2.24) is 5.32 Å². The molecule has 6 heteroatoms. The van der Waals surface area contributed by atoms with Gasteiger partial charge in [0.2, 0.25) is 5.91 Å². The summed E-state index contributed by atoms with van der Waals surface area (Å²) in [5, 5.41) is 2.73. The molecule has 6 nitrogen and oxygen atoms in total. The maximum Gasteiger partial charge on any atom is 0.251 e. The number of aryl methyl sites for hydroxylation is 1. The molecule has 0 heterocycles. The maximum atomic E-state index is 11.8. The van der Waals surface area contributed by atoms with Crippen molar-refractivity contribution in [2.45, 2.75) is 19.8 Å². The summed E-state index contributed by atoms with van der Waals surface area (Å²) in [6.45, 7) is 2.26. The number of hydrogen-bond acceptors (Lipinski definition) is 4. The molecule has 0 aliphatic carbocycles. The van der Waals surface area contributed by atoms with Crippen LogP contribution in [0.2, 0.25) is 0 Å². The van der Waals surface area contributed by atoms with E-state index in [1.807, 2.05) is 6.92 Å². The van der Waals surface area contributed by atoms with Crippen LogP contribution >= 0.6 is 0 Å². The molecule has 0 aromatic heterocycles. The van der Waals surface area contributed by atoms with Crippen molar-refractivity contribution < 1.29 is 9.59 Å². The topological polar surface area (TPSA) is 110 Å². The molecule has 1 rings (SSSR count). The number of nitrogen functional groups attached to an aromatic ring is 1. The molecular weight excluding hydrogens is 232 g/mol.